The molecule has 1 aliphatic heterocycles. The number of hydrogen-bond acceptors (Lipinski definition) is 4. The van der Waals surface area contributed by atoms with Crippen molar-refractivity contribution in [3.63, 3.8) is 0 Å². The first kappa shape index (κ1) is 15.5. The van der Waals surface area contributed by atoms with Gasteiger partial charge in [-0.25, -0.2) is 4.39 Å². The van der Waals surface area contributed by atoms with Gasteiger partial charge in [0, 0.05) is 12.1 Å². The van der Waals surface area contributed by atoms with E-state index in [1.165, 1.54) is 18.2 Å². The van der Waals surface area contributed by atoms with Crippen LogP contribution in [0.1, 0.15) is 24.5 Å². The highest BCUT2D eigenvalue weighted by Crippen LogP contribution is 2.18. The van der Waals surface area contributed by atoms with Crippen molar-refractivity contribution in [2.24, 2.45) is 5.73 Å². The van der Waals surface area contributed by atoms with E-state index in [4.69, 9.17) is 18.0 Å². The SMILES string of the molecule is CCC1C(=O)NC(=O)CN1Cc1cc(F)ccc1C(N)=S. The van der Waals surface area contributed by atoms with Gasteiger partial charge in [0.1, 0.15) is 10.8 Å². The van der Waals surface area contributed by atoms with Crippen molar-refractivity contribution in [2.45, 2.75) is 25.9 Å². The molecule has 1 atom stereocenters. The molecule has 21 heavy (non-hydrogen) atoms. The number of carbonyl (C=O) groups excluding carboxylic acids is 2. The minimum absolute atomic E-state index is 0.0809. The molecule has 1 aromatic carbocycles. The molecule has 1 fully saturated rings. The zero-order chi connectivity index (χ0) is 15.6. The summed E-state index contributed by atoms with van der Waals surface area (Å²) in [6, 6.07) is 3.70. The molecule has 0 bridgehead atoms. The third kappa shape index (κ3) is 3.43. The topological polar surface area (TPSA) is 75.4 Å². The van der Waals surface area contributed by atoms with Crippen molar-refractivity contribution in [1.82, 2.24) is 10.2 Å². The summed E-state index contributed by atoms with van der Waals surface area (Å²) in [5.74, 6) is -1.11. The van der Waals surface area contributed by atoms with E-state index in [9.17, 15) is 14.0 Å². The Morgan fingerprint density at radius 2 is 2.24 bits per heavy atom. The van der Waals surface area contributed by atoms with Gasteiger partial charge in [0.2, 0.25) is 11.8 Å². The van der Waals surface area contributed by atoms with Crippen LogP contribution in [0.15, 0.2) is 18.2 Å². The molecule has 3 N–H and O–H groups in total. The van der Waals surface area contributed by atoms with E-state index in [1.807, 2.05) is 6.92 Å². The Morgan fingerprint density at radius 1 is 1.52 bits per heavy atom. The maximum atomic E-state index is 13.4. The van der Waals surface area contributed by atoms with E-state index < -0.39 is 11.9 Å². The van der Waals surface area contributed by atoms with Crippen molar-refractivity contribution in [1.29, 1.82) is 0 Å². The first-order chi connectivity index (χ1) is 9.92. The van der Waals surface area contributed by atoms with Crippen molar-refractivity contribution in [2.75, 3.05) is 6.54 Å². The van der Waals surface area contributed by atoms with Gasteiger partial charge in [-0.15, -0.1) is 0 Å². The van der Waals surface area contributed by atoms with Crippen LogP contribution in [0.5, 0.6) is 0 Å². The number of rotatable bonds is 4. The van der Waals surface area contributed by atoms with Gasteiger partial charge in [0.15, 0.2) is 0 Å². The second-order valence-electron chi connectivity index (χ2n) is 4.91. The van der Waals surface area contributed by atoms with E-state index in [1.54, 1.807) is 4.90 Å². The summed E-state index contributed by atoms with van der Waals surface area (Å²) < 4.78 is 13.4. The number of imide groups is 1. The molecule has 0 saturated carbocycles. The van der Waals surface area contributed by atoms with Crippen LogP contribution >= 0.6 is 12.2 Å². The van der Waals surface area contributed by atoms with Gasteiger partial charge in [-0.2, -0.15) is 0 Å². The predicted octanol–water partition coefficient (Wildman–Crippen LogP) is 0.697. The number of carbonyl (C=O) groups is 2. The Labute approximate surface area is 127 Å². The normalized spacial score (nSPS) is 19.4. The molecule has 0 aliphatic carbocycles. The molecule has 2 amide bonds. The van der Waals surface area contributed by atoms with E-state index in [-0.39, 0.29) is 29.9 Å². The zero-order valence-electron chi connectivity index (χ0n) is 11.6. The molecule has 1 heterocycles. The Hall–Kier alpha value is -1.86. The van der Waals surface area contributed by atoms with Crippen LogP contribution in [0.4, 0.5) is 4.39 Å². The molecule has 112 valence electrons. The average molecular weight is 309 g/mol. The van der Waals surface area contributed by atoms with Gasteiger partial charge in [0.25, 0.3) is 0 Å². The van der Waals surface area contributed by atoms with E-state index in [2.05, 4.69) is 5.32 Å². The summed E-state index contributed by atoms with van der Waals surface area (Å²) in [5.41, 5.74) is 6.76. The molecule has 0 spiro atoms. The smallest absolute Gasteiger partial charge is 0.243 e. The Morgan fingerprint density at radius 3 is 2.86 bits per heavy atom. The van der Waals surface area contributed by atoms with E-state index >= 15 is 0 Å². The molecule has 1 saturated heterocycles. The third-order valence-corrected chi connectivity index (χ3v) is 3.67. The second kappa shape index (κ2) is 6.28. The van der Waals surface area contributed by atoms with Crippen LogP contribution in [0, 0.1) is 5.82 Å². The highest BCUT2D eigenvalue weighted by molar-refractivity contribution is 7.80. The van der Waals surface area contributed by atoms with Crippen molar-refractivity contribution in [3.05, 3.63) is 35.1 Å². The molecule has 2 rings (SSSR count). The lowest BCUT2D eigenvalue weighted by atomic mass is 10.0. The molecular formula is C14H16FN3O2S. The fourth-order valence-electron chi connectivity index (χ4n) is 2.48. The molecule has 0 aromatic heterocycles. The van der Waals surface area contributed by atoms with Gasteiger partial charge < -0.3 is 5.73 Å². The summed E-state index contributed by atoms with van der Waals surface area (Å²) in [6.07, 6.45) is 0.552. The highest BCUT2D eigenvalue weighted by Gasteiger charge is 2.32. The monoisotopic (exact) mass is 309 g/mol. The van der Waals surface area contributed by atoms with Gasteiger partial charge in [-0.05, 0) is 30.2 Å². The lowest BCUT2D eigenvalue weighted by Gasteiger charge is -2.33. The summed E-state index contributed by atoms with van der Waals surface area (Å²) in [6.45, 7) is 2.17. The average Bonchev–Trinajstić information content (AvgIpc) is 2.37. The molecule has 7 heteroatoms. The van der Waals surface area contributed by atoms with Gasteiger partial charge >= 0.3 is 0 Å². The summed E-state index contributed by atoms with van der Waals surface area (Å²) in [5, 5.41) is 2.30. The molecule has 0 radical (unpaired) electrons. The molecule has 1 unspecified atom stereocenters. The maximum Gasteiger partial charge on any atom is 0.243 e. The van der Waals surface area contributed by atoms with Gasteiger partial charge in [-0.1, -0.05) is 19.1 Å². The van der Waals surface area contributed by atoms with E-state index in [0.717, 1.165) is 0 Å². The van der Waals surface area contributed by atoms with Gasteiger partial charge in [0.05, 0.1) is 12.6 Å². The predicted molar refractivity (Wildman–Crippen MR) is 79.9 cm³/mol. The fraction of sp³-hybridized carbons (Fsp3) is 0.357. The summed E-state index contributed by atoms with van der Waals surface area (Å²) in [7, 11) is 0. The highest BCUT2D eigenvalue weighted by atomic mass is 32.1. The van der Waals surface area contributed by atoms with Crippen molar-refractivity contribution >= 4 is 29.0 Å². The number of nitrogens with one attached hydrogen (secondary N) is 1. The second-order valence-corrected chi connectivity index (χ2v) is 5.35. The van der Waals surface area contributed by atoms with Crippen LogP contribution < -0.4 is 11.1 Å². The lowest BCUT2D eigenvalue weighted by Crippen LogP contribution is -2.57. The fourth-order valence-corrected chi connectivity index (χ4v) is 2.68. The number of nitrogens with zero attached hydrogens (tertiary/aromatic N) is 1. The Kier molecular flexibility index (Phi) is 4.64. The summed E-state index contributed by atoms with van der Waals surface area (Å²) in [4.78, 5) is 25.2. The number of benzene rings is 1. The lowest BCUT2D eigenvalue weighted by molar-refractivity contribution is -0.140. The quantitative estimate of drug-likeness (QED) is 0.632. The molecular weight excluding hydrogens is 293 g/mol. The number of amides is 2. The number of piperazine rings is 1. The first-order valence-electron chi connectivity index (χ1n) is 6.58. The molecule has 1 aliphatic rings. The van der Waals surface area contributed by atoms with Crippen LogP contribution in [-0.4, -0.2) is 34.3 Å². The number of halogens is 1. The number of nitrogens with two attached hydrogens (primary N) is 1. The number of hydrogen-bond donors (Lipinski definition) is 2. The Bertz CT molecular complexity index is 606. The van der Waals surface area contributed by atoms with Crippen molar-refractivity contribution in [3.8, 4) is 0 Å². The molecule has 5 nitrogen and oxygen atoms in total. The standard InChI is InChI=1S/C14H16FN3O2S/c1-2-11-14(20)17-12(19)7-18(11)6-8-5-9(15)3-4-10(8)13(16)21/h3-5,11H,2,6-7H2,1H3,(H2,16,21)(H,17,19,20). The van der Waals surface area contributed by atoms with Crippen molar-refractivity contribution < 1.29 is 14.0 Å². The van der Waals surface area contributed by atoms with Gasteiger partial charge in [-0.3, -0.25) is 19.8 Å². The van der Waals surface area contributed by atoms with Crippen LogP contribution in [0.3, 0.4) is 0 Å². The summed E-state index contributed by atoms with van der Waals surface area (Å²) >= 11 is 4.96. The third-order valence-electron chi connectivity index (χ3n) is 3.45. The van der Waals surface area contributed by atoms with Crippen LogP contribution in [0.25, 0.3) is 0 Å². The Balaban J connectivity index is 2.31. The number of thiocarbonyl (C=S) groups is 1. The minimum atomic E-state index is -0.426. The van der Waals surface area contributed by atoms with E-state index in [0.29, 0.717) is 17.5 Å². The minimum Gasteiger partial charge on any atom is -0.389 e. The maximum absolute atomic E-state index is 13.4. The largest absolute Gasteiger partial charge is 0.389 e. The van der Waals surface area contributed by atoms with Crippen LogP contribution in [0.2, 0.25) is 0 Å². The van der Waals surface area contributed by atoms with Crippen LogP contribution in [-0.2, 0) is 16.1 Å². The zero-order valence-corrected chi connectivity index (χ0v) is 12.4. The molecule has 1 aromatic rings. The first-order valence-corrected chi connectivity index (χ1v) is 6.99.